The zero-order valence-corrected chi connectivity index (χ0v) is 17.6. The molecule has 0 atom stereocenters. The van der Waals surface area contributed by atoms with E-state index in [4.69, 9.17) is 9.47 Å². The summed E-state index contributed by atoms with van der Waals surface area (Å²) in [5.41, 5.74) is 2.65. The molecule has 28 heavy (non-hydrogen) atoms. The fourth-order valence-electron chi connectivity index (χ4n) is 2.77. The van der Waals surface area contributed by atoms with Crippen LogP contribution in [0.15, 0.2) is 48.0 Å². The van der Waals surface area contributed by atoms with Gasteiger partial charge < -0.3 is 9.47 Å². The van der Waals surface area contributed by atoms with Gasteiger partial charge in [0.05, 0.1) is 29.5 Å². The molecule has 1 aliphatic heterocycles. The molecule has 3 aromatic rings. The third kappa shape index (κ3) is 4.51. The van der Waals surface area contributed by atoms with Crippen molar-refractivity contribution in [2.24, 2.45) is 0 Å². The van der Waals surface area contributed by atoms with Crippen LogP contribution in [0.3, 0.4) is 0 Å². The van der Waals surface area contributed by atoms with Crippen LogP contribution >= 0.6 is 34.9 Å². The second-order valence-corrected chi connectivity index (χ2v) is 9.58. The lowest BCUT2D eigenvalue weighted by molar-refractivity contribution is -0.133. The van der Waals surface area contributed by atoms with Crippen molar-refractivity contribution in [2.75, 3.05) is 18.6 Å². The highest BCUT2D eigenvalue weighted by molar-refractivity contribution is 8.19. The SMILES string of the molecule is COc1cc(C2SCCS2)ccc1OC(=O)Cc1csc(-c2ccccn2)n1. The van der Waals surface area contributed by atoms with Gasteiger partial charge in [0.25, 0.3) is 0 Å². The Balaban J connectivity index is 1.43. The molecule has 1 aliphatic rings. The molecule has 4 rings (SSSR count). The van der Waals surface area contributed by atoms with E-state index in [1.54, 1.807) is 13.3 Å². The molecule has 5 nitrogen and oxygen atoms in total. The summed E-state index contributed by atoms with van der Waals surface area (Å²) in [4.78, 5) is 21.2. The minimum absolute atomic E-state index is 0.0998. The van der Waals surface area contributed by atoms with Gasteiger partial charge in [0, 0.05) is 23.1 Å². The molecule has 0 amide bonds. The lowest BCUT2D eigenvalue weighted by atomic mass is 10.2. The third-order valence-corrected chi connectivity index (χ3v) is 8.08. The van der Waals surface area contributed by atoms with E-state index in [-0.39, 0.29) is 12.4 Å². The Hall–Kier alpha value is -2.03. The Bertz CT molecular complexity index is 956. The maximum Gasteiger partial charge on any atom is 0.317 e. The number of hydrogen-bond donors (Lipinski definition) is 0. The normalized spacial score (nSPS) is 14.2. The number of esters is 1. The lowest BCUT2D eigenvalue weighted by Gasteiger charge is -2.13. The van der Waals surface area contributed by atoms with Crippen molar-refractivity contribution in [3.05, 3.63) is 59.2 Å². The summed E-state index contributed by atoms with van der Waals surface area (Å²) in [6.07, 6.45) is 1.83. The highest BCUT2D eigenvalue weighted by Gasteiger charge is 2.21. The first-order chi connectivity index (χ1) is 13.7. The van der Waals surface area contributed by atoms with Crippen molar-refractivity contribution < 1.29 is 14.3 Å². The number of carbonyl (C=O) groups excluding carboxylic acids is 1. The van der Waals surface area contributed by atoms with Crippen molar-refractivity contribution in [3.8, 4) is 22.2 Å². The Morgan fingerprint density at radius 1 is 1.18 bits per heavy atom. The summed E-state index contributed by atoms with van der Waals surface area (Å²) in [6, 6.07) is 11.4. The number of nitrogens with zero attached hydrogens (tertiary/aromatic N) is 2. The van der Waals surface area contributed by atoms with Crippen molar-refractivity contribution in [3.63, 3.8) is 0 Å². The van der Waals surface area contributed by atoms with E-state index in [2.05, 4.69) is 9.97 Å². The Morgan fingerprint density at radius 3 is 2.79 bits per heavy atom. The van der Waals surface area contributed by atoms with Gasteiger partial charge in [0.1, 0.15) is 5.01 Å². The van der Waals surface area contributed by atoms with Gasteiger partial charge in [-0.15, -0.1) is 34.9 Å². The third-order valence-electron chi connectivity index (χ3n) is 4.07. The zero-order valence-electron chi connectivity index (χ0n) is 15.2. The number of aromatic nitrogens is 2. The van der Waals surface area contributed by atoms with E-state index in [1.165, 1.54) is 16.9 Å². The number of pyridine rings is 1. The summed E-state index contributed by atoms with van der Waals surface area (Å²) < 4.78 is 11.4. The number of hydrogen-bond acceptors (Lipinski definition) is 8. The minimum Gasteiger partial charge on any atom is -0.493 e. The van der Waals surface area contributed by atoms with Gasteiger partial charge in [-0.3, -0.25) is 9.78 Å². The van der Waals surface area contributed by atoms with E-state index in [9.17, 15) is 4.79 Å². The Kier molecular flexibility index (Phi) is 6.19. The standard InChI is InChI=1S/C20H18N2O3S3/c1-24-17-10-13(20-26-8-9-27-20)5-6-16(17)25-18(23)11-14-12-28-19(22-14)15-4-2-3-7-21-15/h2-7,10,12,20H,8-9,11H2,1H3. The zero-order chi connectivity index (χ0) is 19.3. The molecule has 0 spiro atoms. The molecule has 2 aromatic heterocycles. The molecule has 1 fully saturated rings. The number of methoxy groups -OCH3 is 1. The Morgan fingerprint density at radius 2 is 2.04 bits per heavy atom. The summed E-state index contributed by atoms with van der Waals surface area (Å²) in [6.45, 7) is 0. The summed E-state index contributed by atoms with van der Waals surface area (Å²) in [5.74, 6) is 2.95. The number of ether oxygens (including phenoxy) is 2. The van der Waals surface area contributed by atoms with Crippen LogP contribution in [0.25, 0.3) is 10.7 Å². The van der Waals surface area contributed by atoms with Crippen LogP contribution in [0.4, 0.5) is 0 Å². The second-order valence-electron chi connectivity index (χ2n) is 5.99. The molecule has 1 saturated heterocycles. The number of benzene rings is 1. The fraction of sp³-hybridized carbons (Fsp3) is 0.250. The average Bonchev–Trinajstić information content (AvgIpc) is 3.41. The maximum absolute atomic E-state index is 12.4. The summed E-state index contributed by atoms with van der Waals surface area (Å²) >= 11 is 5.31. The van der Waals surface area contributed by atoms with Crippen LogP contribution in [0.2, 0.25) is 0 Å². The highest BCUT2D eigenvalue weighted by Crippen LogP contribution is 2.46. The van der Waals surface area contributed by atoms with Crippen LogP contribution in [0, 0.1) is 0 Å². The van der Waals surface area contributed by atoms with E-state index in [1.807, 2.05) is 65.3 Å². The monoisotopic (exact) mass is 430 g/mol. The minimum atomic E-state index is -0.367. The van der Waals surface area contributed by atoms with Gasteiger partial charge in [0.15, 0.2) is 11.5 Å². The van der Waals surface area contributed by atoms with Crippen LogP contribution in [0.5, 0.6) is 11.5 Å². The van der Waals surface area contributed by atoms with Crippen molar-refractivity contribution in [1.29, 1.82) is 0 Å². The molecule has 1 aromatic carbocycles. The van der Waals surface area contributed by atoms with E-state index in [0.29, 0.717) is 21.8 Å². The smallest absolute Gasteiger partial charge is 0.317 e. The number of carbonyl (C=O) groups is 1. The molecule has 3 heterocycles. The summed E-state index contributed by atoms with van der Waals surface area (Å²) in [5, 5.41) is 2.65. The molecule has 0 aliphatic carbocycles. The van der Waals surface area contributed by atoms with Gasteiger partial charge >= 0.3 is 5.97 Å². The van der Waals surface area contributed by atoms with E-state index in [0.717, 1.165) is 22.2 Å². The largest absolute Gasteiger partial charge is 0.493 e. The van der Waals surface area contributed by atoms with Gasteiger partial charge in [0.2, 0.25) is 0 Å². The van der Waals surface area contributed by atoms with Crippen LogP contribution in [-0.2, 0) is 11.2 Å². The predicted octanol–water partition coefficient (Wildman–Crippen LogP) is 4.84. The topological polar surface area (TPSA) is 61.3 Å². The molecule has 0 radical (unpaired) electrons. The molecule has 0 unspecified atom stereocenters. The van der Waals surface area contributed by atoms with Gasteiger partial charge in [-0.25, -0.2) is 4.98 Å². The number of thiazole rings is 1. The molecule has 0 N–H and O–H groups in total. The van der Waals surface area contributed by atoms with Crippen molar-refractivity contribution >= 4 is 40.8 Å². The van der Waals surface area contributed by atoms with E-state index >= 15 is 0 Å². The number of thioether (sulfide) groups is 2. The predicted molar refractivity (Wildman–Crippen MR) is 115 cm³/mol. The fourth-order valence-corrected chi connectivity index (χ4v) is 6.40. The maximum atomic E-state index is 12.4. The van der Waals surface area contributed by atoms with Gasteiger partial charge in [-0.2, -0.15) is 0 Å². The molecule has 8 heteroatoms. The van der Waals surface area contributed by atoms with Crippen molar-refractivity contribution in [1.82, 2.24) is 9.97 Å². The van der Waals surface area contributed by atoms with E-state index < -0.39 is 0 Å². The van der Waals surface area contributed by atoms with Gasteiger partial charge in [-0.1, -0.05) is 12.1 Å². The van der Waals surface area contributed by atoms with Crippen LogP contribution < -0.4 is 9.47 Å². The van der Waals surface area contributed by atoms with Crippen molar-refractivity contribution in [2.45, 2.75) is 11.0 Å². The van der Waals surface area contributed by atoms with Crippen LogP contribution in [-0.4, -0.2) is 34.6 Å². The molecule has 0 bridgehead atoms. The van der Waals surface area contributed by atoms with Crippen LogP contribution in [0.1, 0.15) is 15.8 Å². The molecular weight excluding hydrogens is 412 g/mol. The molecular formula is C20H18N2O3S3. The first-order valence-electron chi connectivity index (χ1n) is 8.70. The summed E-state index contributed by atoms with van der Waals surface area (Å²) in [7, 11) is 1.59. The molecule has 144 valence electrons. The average molecular weight is 431 g/mol. The first kappa shape index (κ1) is 19.3. The Labute approximate surface area is 175 Å². The molecule has 0 saturated carbocycles. The first-order valence-corrected chi connectivity index (χ1v) is 11.7. The lowest BCUT2D eigenvalue weighted by Crippen LogP contribution is -2.12. The highest BCUT2D eigenvalue weighted by atomic mass is 32.2. The second kappa shape index (κ2) is 8.98. The van der Waals surface area contributed by atoms with Gasteiger partial charge in [-0.05, 0) is 29.8 Å². The number of rotatable bonds is 6. The quantitative estimate of drug-likeness (QED) is 0.410.